The van der Waals surface area contributed by atoms with Crippen molar-refractivity contribution in [2.75, 3.05) is 0 Å². The molecule has 23 heavy (non-hydrogen) atoms. The lowest BCUT2D eigenvalue weighted by Crippen LogP contribution is -2.33. The van der Waals surface area contributed by atoms with Gasteiger partial charge >= 0.3 is 0 Å². The van der Waals surface area contributed by atoms with Gasteiger partial charge in [0.1, 0.15) is 12.9 Å². The van der Waals surface area contributed by atoms with E-state index in [1.165, 1.54) is 12.3 Å². The van der Waals surface area contributed by atoms with E-state index in [-0.39, 0.29) is 35.5 Å². The predicted molar refractivity (Wildman–Crippen MR) is 85.5 cm³/mol. The normalized spacial score (nSPS) is 14.6. The predicted octanol–water partition coefficient (Wildman–Crippen LogP) is 2.89. The second-order valence-corrected chi connectivity index (χ2v) is 5.70. The molecule has 1 saturated carbocycles. The molecule has 0 spiro atoms. The summed E-state index contributed by atoms with van der Waals surface area (Å²) in [4.78, 5) is 24.1. The molecule has 0 saturated heterocycles. The Morgan fingerprint density at radius 3 is 2.65 bits per heavy atom. The van der Waals surface area contributed by atoms with Crippen molar-refractivity contribution in [3.63, 3.8) is 0 Å². The second-order valence-electron chi connectivity index (χ2n) is 5.70. The van der Waals surface area contributed by atoms with E-state index in [0.717, 1.165) is 31.2 Å². The molecule has 1 heterocycles. The first-order valence-corrected chi connectivity index (χ1v) is 7.83. The van der Waals surface area contributed by atoms with Crippen molar-refractivity contribution >= 4 is 5.91 Å². The molecule has 0 aliphatic heterocycles. The van der Waals surface area contributed by atoms with Crippen LogP contribution in [0.15, 0.2) is 51.9 Å². The lowest BCUT2D eigenvalue weighted by Gasteiger charge is -2.11. The van der Waals surface area contributed by atoms with Gasteiger partial charge in [0.25, 0.3) is 5.91 Å². The largest absolute Gasteiger partial charge is 0.482 e. The maximum absolute atomic E-state index is 12.1. The van der Waals surface area contributed by atoms with Gasteiger partial charge in [0.2, 0.25) is 11.2 Å². The number of hydrogen-bond acceptors (Lipinski definition) is 4. The van der Waals surface area contributed by atoms with Crippen LogP contribution in [0, 0.1) is 0 Å². The summed E-state index contributed by atoms with van der Waals surface area (Å²) < 4.78 is 10.7. The molecule has 0 bridgehead atoms. The van der Waals surface area contributed by atoms with Crippen LogP contribution >= 0.6 is 0 Å². The lowest BCUT2D eigenvalue weighted by molar-refractivity contribution is 0.0906. The summed E-state index contributed by atoms with van der Waals surface area (Å²) in [5, 5.41) is 2.89. The van der Waals surface area contributed by atoms with Gasteiger partial charge in [0, 0.05) is 12.1 Å². The molecule has 0 atom stereocenters. The molecule has 1 aromatic heterocycles. The van der Waals surface area contributed by atoms with Gasteiger partial charge in [-0.3, -0.25) is 9.59 Å². The molecule has 1 fully saturated rings. The van der Waals surface area contributed by atoms with E-state index in [1.807, 2.05) is 30.3 Å². The number of benzene rings is 1. The number of amides is 1. The van der Waals surface area contributed by atoms with Crippen molar-refractivity contribution in [3.8, 4) is 5.75 Å². The smallest absolute Gasteiger partial charge is 0.287 e. The van der Waals surface area contributed by atoms with Gasteiger partial charge in [0.05, 0.1) is 0 Å². The summed E-state index contributed by atoms with van der Waals surface area (Å²) in [5.74, 6) is -0.219. The average Bonchev–Trinajstić information content (AvgIpc) is 3.07. The van der Waals surface area contributed by atoms with E-state index in [4.69, 9.17) is 9.15 Å². The highest BCUT2D eigenvalue weighted by Crippen LogP contribution is 2.18. The topological polar surface area (TPSA) is 68.5 Å². The Morgan fingerprint density at radius 2 is 1.96 bits per heavy atom. The van der Waals surface area contributed by atoms with Crippen LogP contribution in [0.5, 0.6) is 5.75 Å². The lowest BCUT2D eigenvalue weighted by atomic mass is 10.2. The first kappa shape index (κ1) is 15.3. The van der Waals surface area contributed by atoms with Crippen LogP contribution in [0.2, 0.25) is 0 Å². The molecule has 5 heteroatoms. The number of carbonyl (C=O) groups excluding carboxylic acids is 1. The SMILES string of the molecule is O=C(NC1CCCC1)c1cc(=O)c(OCc2ccccc2)co1. The summed E-state index contributed by atoms with van der Waals surface area (Å²) in [7, 11) is 0. The minimum absolute atomic E-state index is 0.0222. The Morgan fingerprint density at radius 1 is 1.22 bits per heavy atom. The van der Waals surface area contributed by atoms with Gasteiger partial charge in [0.15, 0.2) is 5.76 Å². The Kier molecular flexibility index (Phi) is 4.76. The number of carbonyl (C=O) groups is 1. The third-order valence-electron chi connectivity index (χ3n) is 3.95. The molecule has 0 unspecified atom stereocenters. The monoisotopic (exact) mass is 313 g/mol. The number of ether oxygens (including phenoxy) is 1. The molecule has 1 N–H and O–H groups in total. The highest BCUT2D eigenvalue weighted by molar-refractivity contribution is 5.91. The summed E-state index contributed by atoms with van der Waals surface area (Å²) in [6.45, 7) is 0.277. The molecule has 120 valence electrons. The van der Waals surface area contributed by atoms with Gasteiger partial charge in [-0.25, -0.2) is 0 Å². The van der Waals surface area contributed by atoms with Gasteiger partial charge in [-0.2, -0.15) is 0 Å². The molecular formula is C18H19NO4. The van der Waals surface area contributed by atoms with E-state index < -0.39 is 0 Å². The minimum Gasteiger partial charge on any atom is -0.482 e. The number of hydrogen-bond donors (Lipinski definition) is 1. The van der Waals surface area contributed by atoms with Crippen molar-refractivity contribution < 1.29 is 13.9 Å². The maximum Gasteiger partial charge on any atom is 0.287 e. The Bertz CT molecular complexity index is 717. The van der Waals surface area contributed by atoms with Crippen molar-refractivity contribution in [2.45, 2.75) is 38.3 Å². The van der Waals surface area contributed by atoms with Crippen LogP contribution in [0.25, 0.3) is 0 Å². The Balaban J connectivity index is 1.63. The summed E-state index contributed by atoms with van der Waals surface area (Å²) >= 11 is 0. The summed E-state index contributed by atoms with van der Waals surface area (Å²) in [6, 6.07) is 10.9. The average molecular weight is 313 g/mol. The van der Waals surface area contributed by atoms with Crippen LogP contribution in [-0.2, 0) is 6.61 Å². The zero-order valence-corrected chi connectivity index (χ0v) is 12.8. The highest BCUT2D eigenvalue weighted by atomic mass is 16.5. The zero-order chi connectivity index (χ0) is 16.1. The van der Waals surface area contributed by atoms with E-state index >= 15 is 0 Å². The summed E-state index contributed by atoms with van der Waals surface area (Å²) in [6.07, 6.45) is 5.42. The molecule has 3 rings (SSSR count). The maximum atomic E-state index is 12.1. The standard InChI is InChI=1S/C18H19NO4/c20-15-10-16(18(21)19-14-8-4-5-9-14)23-12-17(15)22-11-13-6-2-1-3-7-13/h1-3,6-7,10,12,14H,4-5,8-9,11H2,(H,19,21). The van der Waals surface area contributed by atoms with Gasteiger partial charge in [-0.15, -0.1) is 0 Å². The van der Waals surface area contributed by atoms with E-state index in [9.17, 15) is 9.59 Å². The molecule has 1 aromatic carbocycles. The van der Waals surface area contributed by atoms with Gasteiger partial charge in [-0.1, -0.05) is 43.2 Å². The third-order valence-corrected chi connectivity index (χ3v) is 3.95. The fraction of sp³-hybridized carbons (Fsp3) is 0.333. The van der Waals surface area contributed by atoms with E-state index in [0.29, 0.717) is 0 Å². The second kappa shape index (κ2) is 7.13. The first-order valence-electron chi connectivity index (χ1n) is 7.83. The highest BCUT2D eigenvalue weighted by Gasteiger charge is 2.20. The van der Waals surface area contributed by atoms with Crippen molar-refractivity contribution in [3.05, 3.63) is 64.2 Å². The van der Waals surface area contributed by atoms with Crippen LogP contribution in [0.1, 0.15) is 41.8 Å². The molecule has 2 aromatic rings. The molecule has 1 amide bonds. The number of nitrogens with one attached hydrogen (secondary N) is 1. The van der Waals surface area contributed by atoms with Crippen LogP contribution < -0.4 is 15.5 Å². The van der Waals surface area contributed by atoms with Gasteiger partial charge < -0.3 is 14.5 Å². The van der Waals surface area contributed by atoms with E-state index in [2.05, 4.69) is 5.32 Å². The van der Waals surface area contributed by atoms with Crippen molar-refractivity contribution in [2.24, 2.45) is 0 Å². The van der Waals surface area contributed by atoms with E-state index in [1.54, 1.807) is 0 Å². The number of rotatable bonds is 5. The fourth-order valence-corrected chi connectivity index (χ4v) is 2.69. The van der Waals surface area contributed by atoms with Crippen molar-refractivity contribution in [1.82, 2.24) is 5.32 Å². The molecule has 0 radical (unpaired) electrons. The molecular weight excluding hydrogens is 294 g/mol. The van der Waals surface area contributed by atoms with Crippen LogP contribution in [0.4, 0.5) is 0 Å². The third kappa shape index (κ3) is 4.00. The quantitative estimate of drug-likeness (QED) is 0.921. The Hall–Kier alpha value is -2.56. The summed E-state index contributed by atoms with van der Waals surface area (Å²) in [5.41, 5.74) is 0.596. The minimum atomic E-state index is -0.358. The van der Waals surface area contributed by atoms with Gasteiger partial charge in [-0.05, 0) is 18.4 Å². The molecule has 5 nitrogen and oxygen atoms in total. The van der Waals surface area contributed by atoms with Crippen molar-refractivity contribution in [1.29, 1.82) is 0 Å². The molecule has 1 aliphatic carbocycles. The zero-order valence-electron chi connectivity index (χ0n) is 12.8. The first-order chi connectivity index (χ1) is 11.2. The molecule has 1 aliphatic rings. The fourth-order valence-electron chi connectivity index (χ4n) is 2.69. The Labute approximate surface area is 134 Å². The van der Waals surface area contributed by atoms with Crippen LogP contribution in [0.3, 0.4) is 0 Å². The van der Waals surface area contributed by atoms with Crippen LogP contribution in [-0.4, -0.2) is 11.9 Å².